The number of thioether (sulfide) groups is 1. The van der Waals surface area contributed by atoms with Gasteiger partial charge in [-0.15, -0.1) is 23.1 Å². The van der Waals surface area contributed by atoms with Gasteiger partial charge in [-0.1, -0.05) is 23.7 Å². The molecule has 0 aliphatic carbocycles. The minimum absolute atomic E-state index is 0.241. The maximum Gasteiger partial charge on any atom is 0.232 e. The summed E-state index contributed by atoms with van der Waals surface area (Å²) in [5, 5.41) is 2.87. The lowest BCUT2D eigenvalue weighted by atomic mass is 10.1. The van der Waals surface area contributed by atoms with E-state index in [2.05, 4.69) is 11.4 Å². The molecule has 0 unspecified atom stereocenters. The van der Waals surface area contributed by atoms with Crippen molar-refractivity contribution in [1.82, 2.24) is 4.90 Å². The normalized spacial score (nSPS) is 14.0. The first-order valence-electron chi connectivity index (χ1n) is 6.87. The summed E-state index contributed by atoms with van der Waals surface area (Å²) in [5.74, 6) is 1.63. The molecule has 1 aliphatic rings. The molecular formula is C16H16ClNOS2. The second kappa shape index (κ2) is 6.86. The van der Waals surface area contributed by atoms with Crippen LogP contribution in [0.1, 0.15) is 16.0 Å². The number of nitrogens with zero attached hydrogens (tertiary/aromatic N) is 1. The lowest BCUT2D eigenvalue weighted by Crippen LogP contribution is -2.36. The van der Waals surface area contributed by atoms with Crippen molar-refractivity contribution >= 4 is 40.6 Å². The average Bonchev–Trinajstić information content (AvgIpc) is 2.96. The molecule has 21 heavy (non-hydrogen) atoms. The first-order chi connectivity index (χ1) is 10.2. The van der Waals surface area contributed by atoms with Crippen LogP contribution in [-0.4, -0.2) is 23.1 Å². The highest BCUT2D eigenvalue weighted by Crippen LogP contribution is 2.24. The van der Waals surface area contributed by atoms with Gasteiger partial charge in [0, 0.05) is 28.7 Å². The molecular weight excluding hydrogens is 322 g/mol. The number of thiophene rings is 1. The number of fused-ring (bicyclic) bond motifs is 1. The number of rotatable bonds is 4. The largest absolute Gasteiger partial charge is 0.337 e. The van der Waals surface area contributed by atoms with E-state index in [0.29, 0.717) is 5.75 Å². The van der Waals surface area contributed by atoms with Crippen molar-refractivity contribution in [2.24, 2.45) is 0 Å². The van der Waals surface area contributed by atoms with Crippen LogP contribution in [0.5, 0.6) is 0 Å². The van der Waals surface area contributed by atoms with E-state index in [0.717, 1.165) is 30.3 Å². The molecule has 0 N–H and O–H groups in total. The number of hydrogen-bond acceptors (Lipinski definition) is 3. The standard InChI is InChI=1S/C16H16ClNOS2/c17-14-3-1-12(2-4-14)10-20-11-16(19)18-7-5-15-13(9-18)6-8-21-15/h1-4,6,8H,5,7,9-11H2. The van der Waals surface area contributed by atoms with Crippen LogP contribution in [0.4, 0.5) is 0 Å². The number of carbonyl (C=O) groups is 1. The van der Waals surface area contributed by atoms with Crippen LogP contribution < -0.4 is 0 Å². The highest BCUT2D eigenvalue weighted by atomic mass is 35.5. The predicted molar refractivity (Wildman–Crippen MR) is 91.1 cm³/mol. The number of halogens is 1. The quantitative estimate of drug-likeness (QED) is 0.832. The Bertz CT molecular complexity index is 623. The van der Waals surface area contributed by atoms with Gasteiger partial charge in [0.05, 0.1) is 5.75 Å². The van der Waals surface area contributed by atoms with Crippen molar-refractivity contribution in [3.05, 3.63) is 56.7 Å². The highest BCUT2D eigenvalue weighted by Gasteiger charge is 2.21. The number of benzene rings is 1. The number of amides is 1. The summed E-state index contributed by atoms with van der Waals surface area (Å²) in [6.07, 6.45) is 1.00. The molecule has 2 aromatic rings. The second-order valence-electron chi connectivity index (χ2n) is 5.05. The van der Waals surface area contributed by atoms with E-state index in [1.807, 2.05) is 29.2 Å². The Morgan fingerprint density at radius 2 is 2.10 bits per heavy atom. The van der Waals surface area contributed by atoms with Gasteiger partial charge < -0.3 is 4.90 Å². The topological polar surface area (TPSA) is 20.3 Å². The molecule has 0 radical (unpaired) electrons. The summed E-state index contributed by atoms with van der Waals surface area (Å²) in [5.41, 5.74) is 2.53. The van der Waals surface area contributed by atoms with E-state index in [1.54, 1.807) is 23.1 Å². The predicted octanol–water partition coefficient (Wildman–Crippen LogP) is 4.22. The molecule has 1 aromatic heterocycles. The third kappa shape index (κ3) is 3.82. The number of hydrogen-bond donors (Lipinski definition) is 0. The molecule has 0 saturated heterocycles. The molecule has 2 heterocycles. The van der Waals surface area contributed by atoms with E-state index in [4.69, 9.17) is 11.6 Å². The van der Waals surface area contributed by atoms with E-state index in [9.17, 15) is 4.79 Å². The van der Waals surface area contributed by atoms with Crippen LogP contribution in [0.2, 0.25) is 5.02 Å². The van der Waals surface area contributed by atoms with Crippen LogP contribution in [0.15, 0.2) is 35.7 Å². The first kappa shape index (κ1) is 14.9. The fourth-order valence-corrected chi connectivity index (χ4v) is 4.29. The fraction of sp³-hybridized carbons (Fsp3) is 0.312. The Morgan fingerprint density at radius 3 is 2.90 bits per heavy atom. The van der Waals surface area contributed by atoms with E-state index in [-0.39, 0.29) is 5.91 Å². The highest BCUT2D eigenvalue weighted by molar-refractivity contribution is 7.99. The van der Waals surface area contributed by atoms with Crippen LogP contribution in [-0.2, 0) is 23.5 Å². The summed E-state index contributed by atoms with van der Waals surface area (Å²) >= 11 is 9.33. The first-order valence-corrected chi connectivity index (χ1v) is 9.29. The van der Waals surface area contributed by atoms with Gasteiger partial charge in [-0.25, -0.2) is 0 Å². The van der Waals surface area contributed by atoms with Crippen LogP contribution in [0.25, 0.3) is 0 Å². The molecule has 1 aliphatic heterocycles. The van der Waals surface area contributed by atoms with E-state index in [1.165, 1.54) is 16.0 Å². The molecule has 1 aromatic carbocycles. The summed E-state index contributed by atoms with van der Waals surface area (Å²) in [7, 11) is 0. The zero-order valence-corrected chi connectivity index (χ0v) is 13.9. The molecule has 110 valence electrons. The number of carbonyl (C=O) groups excluding carboxylic acids is 1. The Labute approximate surface area is 138 Å². The Balaban J connectivity index is 1.48. The van der Waals surface area contributed by atoms with Crippen LogP contribution in [0.3, 0.4) is 0 Å². The van der Waals surface area contributed by atoms with Crippen LogP contribution >= 0.6 is 34.7 Å². The van der Waals surface area contributed by atoms with Crippen molar-refractivity contribution in [2.45, 2.75) is 18.7 Å². The molecule has 0 spiro atoms. The van der Waals surface area contributed by atoms with Gasteiger partial charge in [-0.2, -0.15) is 0 Å². The van der Waals surface area contributed by atoms with Gasteiger partial charge in [-0.3, -0.25) is 4.79 Å². The van der Waals surface area contributed by atoms with Crippen molar-refractivity contribution in [3.63, 3.8) is 0 Å². The Morgan fingerprint density at radius 1 is 1.29 bits per heavy atom. The van der Waals surface area contributed by atoms with Gasteiger partial charge in [0.2, 0.25) is 5.91 Å². The van der Waals surface area contributed by atoms with Gasteiger partial charge in [0.25, 0.3) is 0 Å². The Hall–Kier alpha value is -0.970. The summed E-state index contributed by atoms with van der Waals surface area (Å²) in [4.78, 5) is 15.7. The van der Waals surface area contributed by atoms with Crippen molar-refractivity contribution in [1.29, 1.82) is 0 Å². The van der Waals surface area contributed by atoms with Gasteiger partial charge in [-0.05, 0) is 41.1 Å². The van der Waals surface area contributed by atoms with Gasteiger partial charge >= 0.3 is 0 Å². The third-order valence-corrected chi connectivity index (χ3v) is 5.83. The molecule has 3 rings (SSSR count). The monoisotopic (exact) mass is 337 g/mol. The zero-order chi connectivity index (χ0) is 14.7. The zero-order valence-electron chi connectivity index (χ0n) is 11.5. The third-order valence-electron chi connectivity index (χ3n) is 3.57. The van der Waals surface area contributed by atoms with E-state index < -0.39 is 0 Å². The summed E-state index contributed by atoms with van der Waals surface area (Å²) < 4.78 is 0. The fourth-order valence-electron chi connectivity index (χ4n) is 2.39. The molecule has 0 saturated carbocycles. The minimum atomic E-state index is 0.241. The van der Waals surface area contributed by atoms with Crippen molar-refractivity contribution < 1.29 is 4.79 Å². The summed E-state index contributed by atoms with van der Waals surface area (Å²) in [6.45, 7) is 1.63. The molecule has 0 fully saturated rings. The molecule has 0 atom stereocenters. The average molecular weight is 338 g/mol. The molecule has 5 heteroatoms. The van der Waals surface area contributed by atoms with Crippen LogP contribution in [0, 0.1) is 0 Å². The summed E-state index contributed by atoms with van der Waals surface area (Å²) in [6, 6.07) is 9.95. The maximum absolute atomic E-state index is 12.3. The van der Waals surface area contributed by atoms with Gasteiger partial charge in [0.15, 0.2) is 0 Å². The van der Waals surface area contributed by atoms with Crippen molar-refractivity contribution in [2.75, 3.05) is 12.3 Å². The van der Waals surface area contributed by atoms with Crippen molar-refractivity contribution in [3.8, 4) is 0 Å². The lowest BCUT2D eigenvalue weighted by Gasteiger charge is -2.26. The SMILES string of the molecule is O=C(CSCc1ccc(Cl)cc1)N1CCc2sccc2C1. The molecule has 0 bridgehead atoms. The molecule has 1 amide bonds. The Kier molecular flexibility index (Phi) is 4.88. The smallest absolute Gasteiger partial charge is 0.232 e. The molecule has 2 nitrogen and oxygen atoms in total. The maximum atomic E-state index is 12.3. The second-order valence-corrected chi connectivity index (χ2v) is 7.48. The lowest BCUT2D eigenvalue weighted by molar-refractivity contribution is -0.129. The van der Waals surface area contributed by atoms with E-state index >= 15 is 0 Å². The minimum Gasteiger partial charge on any atom is -0.337 e. The van der Waals surface area contributed by atoms with Gasteiger partial charge in [0.1, 0.15) is 0 Å².